The summed E-state index contributed by atoms with van der Waals surface area (Å²) in [6, 6.07) is 0. The molecule has 3 aliphatic carbocycles. The van der Waals surface area contributed by atoms with Crippen molar-refractivity contribution in [3.8, 4) is 0 Å². The third-order valence-corrected chi connectivity index (χ3v) is 10.8. The summed E-state index contributed by atoms with van der Waals surface area (Å²) in [5.74, 6) is 3.47. The van der Waals surface area contributed by atoms with Gasteiger partial charge in [0.05, 0.1) is 6.10 Å². The molecule has 0 saturated heterocycles. The van der Waals surface area contributed by atoms with Crippen molar-refractivity contribution >= 4 is 5.78 Å². The van der Waals surface area contributed by atoms with E-state index in [1.807, 2.05) is 19.9 Å². The van der Waals surface area contributed by atoms with Crippen molar-refractivity contribution in [3.63, 3.8) is 0 Å². The number of rotatable bonds is 18. The lowest BCUT2D eigenvalue weighted by Crippen LogP contribution is -2.47. The highest BCUT2D eigenvalue weighted by Gasteiger charge is 2.45. The van der Waals surface area contributed by atoms with Gasteiger partial charge in [-0.05, 0) is 105 Å². The van der Waals surface area contributed by atoms with Crippen molar-refractivity contribution in [3.05, 3.63) is 36.1 Å². The zero-order valence-corrected chi connectivity index (χ0v) is 31.8. The summed E-state index contributed by atoms with van der Waals surface area (Å²) in [6.45, 7) is 23.6. The van der Waals surface area contributed by atoms with Gasteiger partial charge in [0, 0.05) is 20.1 Å². The van der Waals surface area contributed by atoms with Gasteiger partial charge in [0.15, 0.2) is 5.78 Å². The number of hydrogen-bond acceptors (Lipinski definition) is 5. The van der Waals surface area contributed by atoms with Crippen LogP contribution in [0.4, 0.5) is 0 Å². The zero-order chi connectivity index (χ0) is 34.8. The summed E-state index contributed by atoms with van der Waals surface area (Å²) < 4.78 is 18.0. The number of carbonyl (C=O) groups excluding carboxylic acids is 1. The first-order valence-corrected chi connectivity index (χ1v) is 18.8. The van der Waals surface area contributed by atoms with Gasteiger partial charge < -0.3 is 19.3 Å². The topological polar surface area (TPSA) is 65.0 Å². The number of hydrogen-bond donors (Lipinski definition) is 1. The largest absolute Gasteiger partial charge is 0.490 e. The molecule has 0 amide bonds. The maximum absolute atomic E-state index is 13.1. The average molecular weight is 647 g/mol. The van der Waals surface area contributed by atoms with E-state index < -0.39 is 5.60 Å². The Hall–Kier alpha value is -1.43. The van der Waals surface area contributed by atoms with Crippen LogP contribution in [0.1, 0.15) is 152 Å². The van der Waals surface area contributed by atoms with Crippen molar-refractivity contribution in [2.45, 2.75) is 164 Å². The number of aliphatic hydroxyl groups excluding tert-OH is 1. The van der Waals surface area contributed by atoms with Crippen molar-refractivity contribution in [1.82, 2.24) is 0 Å². The molecule has 5 nitrogen and oxygen atoms in total. The van der Waals surface area contributed by atoms with E-state index in [0.29, 0.717) is 36.2 Å². The minimum atomic E-state index is -0.957. The van der Waals surface area contributed by atoms with Crippen LogP contribution in [0.2, 0.25) is 0 Å². The fourth-order valence-electron chi connectivity index (χ4n) is 6.26. The van der Waals surface area contributed by atoms with Crippen LogP contribution in [0.25, 0.3) is 0 Å². The lowest BCUT2D eigenvalue weighted by molar-refractivity contribution is -0.174. The van der Waals surface area contributed by atoms with E-state index in [1.54, 1.807) is 14.0 Å². The number of ether oxygens (including phenoxy) is 3. The van der Waals surface area contributed by atoms with Crippen molar-refractivity contribution in [1.29, 1.82) is 0 Å². The Morgan fingerprint density at radius 2 is 1.61 bits per heavy atom. The number of allylic oxidation sites excluding steroid dienone is 3. The molecule has 0 radical (unpaired) electrons. The summed E-state index contributed by atoms with van der Waals surface area (Å²) in [7, 11) is 1.60. The van der Waals surface area contributed by atoms with E-state index in [-0.39, 0.29) is 24.6 Å². The molecule has 0 aliphatic heterocycles. The second-order valence-electron chi connectivity index (χ2n) is 15.4. The number of carbonyl (C=O) groups is 1. The van der Waals surface area contributed by atoms with Crippen LogP contribution in [-0.4, -0.2) is 43.1 Å². The Kier molecular flexibility index (Phi) is 20.6. The van der Waals surface area contributed by atoms with Crippen LogP contribution in [0.3, 0.4) is 0 Å². The molecule has 1 spiro atoms. The van der Waals surface area contributed by atoms with E-state index in [1.165, 1.54) is 51.4 Å². The molecule has 4 atom stereocenters. The van der Waals surface area contributed by atoms with Gasteiger partial charge in [0.25, 0.3) is 0 Å². The minimum absolute atomic E-state index is 0.0273. The standard InChI is InChI=1S/C31H52O4.C6H12.C4H10O/c1-9-23(3)11-12-29(35-28-13-15-30(16-14-28)17-18-30)20-25(5)21-31(27(7)32,34-22-33-8)26(6)19-24(4)10-2;1-2-6-4-3-5-6;1-4(2)3-5/h11-12,20,23-24,26,28H,5,9-10,13-19,21-22H2,1-4,6-8H3;6H,2-5H2,1H3;4-5H,3H2,1-2H3/b12-11-,29-20+;;. The SMILES string of the molecule is C=C(/C=C(\C=C/C(C)CC)OC1CCC2(CC1)CC2)CC(OCOC)(C(C)=O)C(C)CC(C)CC.CC(C)CO.CCC1CCC1. The number of Topliss-reactive ketones (excluding diaryl/α,β-unsaturated/α-hetero) is 1. The maximum atomic E-state index is 13.1. The first-order valence-electron chi connectivity index (χ1n) is 18.8. The molecule has 3 rings (SSSR count). The molecule has 0 aromatic rings. The highest BCUT2D eigenvalue weighted by molar-refractivity contribution is 5.85. The molecule has 3 fully saturated rings. The molecule has 3 aliphatic rings. The molecule has 0 bridgehead atoms. The smallest absolute Gasteiger partial charge is 0.162 e. The normalized spacial score (nSPS) is 21.3. The molecule has 5 heteroatoms. The Bertz CT molecular complexity index is 899. The van der Waals surface area contributed by atoms with Gasteiger partial charge in [-0.15, -0.1) is 0 Å². The molecule has 4 unspecified atom stereocenters. The van der Waals surface area contributed by atoms with Gasteiger partial charge in [-0.25, -0.2) is 0 Å². The predicted molar refractivity (Wildman–Crippen MR) is 195 cm³/mol. The maximum Gasteiger partial charge on any atom is 0.162 e. The van der Waals surface area contributed by atoms with Crippen molar-refractivity contribution in [2.75, 3.05) is 20.5 Å². The Morgan fingerprint density at radius 1 is 1.00 bits per heavy atom. The summed E-state index contributed by atoms with van der Waals surface area (Å²) in [5.41, 5.74) is 0.540. The van der Waals surface area contributed by atoms with Crippen LogP contribution >= 0.6 is 0 Å². The van der Waals surface area contributed by atoms with Gasteiger partial charge in [-0.1, -0.05) is 107 Å². The van der Waals surface area contributed by atoms with Gasteiger partial charge >= 0.3 is 0 Å². The summed E-state index contributed by atoms with van der Waals surface area (Å²) in [4.78, 5) is 13.1. The first-order chi connectivity index (χ1) is 21.8. The molecule has 0 heterocycles. The Morgan fingerprint density at radius 3 is 2.00 bits per heavy atom. The summed E-state index contributed by atoms with van der Waals surface area (Å²) >= 11 is 0. The fourth-order valence-corrected chi connectivity index (χ4v) is 6.26. The molecule has 46 heavy (non-hydrogen) atoms. The summed E-state index contributed by atoms with van der Waals surface area (Å²) in [5, 5.41) is 8.14. The average Bonchev–Trinajstić information content (AvgIpc) is 3.77. The second kappa shape index (κ2) is 22.3. The second-order valence-corrected chi connectivity index (χ2v) is 15.4. The molecule has 0 aromatic carbocycles. The van der Waals surface area contributed by atoms with E-state index >= 15 is 0 Å². The fraction of sp³-hybridized carbons (Fsp3) is 0.829. The van der Waals surface area contributed by atoms with Crippen molar-refractivity contribution < 1.29 is 24.1 Å². The zero-order valence-electron chi connectivity index (χ0n) is 31.8. The van der Waals surface area contributed by atoms with Gasteiger partial charge in [-0.3, -0.25) is 4.79 Å². The van der Waals surface area contributed by atoms with Gasteiger partial charge in [0.2, 0.25) is 0 Å². The third-order valence-electron chi connectivity index (χ3n) is 10.8. The highest BCUT2D eigenvalue weighted by Crippen LogP contribution is 2.56. The van der Waals surface area contributed by atoms with Crippen LogP contribution in [-0.2, 0) is 19.0 Å². The van der Waals surface area contributed by atoms with Crippen LogP contribution in [0.5, 0.6) is 0 Å². The minimum Gasteiger partial charge on any atom is -0.490 e. The Balaban J connectivity index is 0.000000810. The molecule has 0 aromatic heterocycles. The van der Waals surface area contributed by atoms with E-state index in [0.717, 1.165) is 49.4 Å². The van der Waals surface area contributed by atoms with E-state index in [9.17, 15) is 4.79 Å². The number of aliphatic hydroxyl groups is 1. The summed E-state index contributed by atoms with van der Waals surface area (Å²) in [6.07, 6.45) is 23.7. The first kappa shape index (κ1) is 42.6. The van der Waals surface area contributed by atoms with E-state index in [2.05, 4.69) is 60.3 Å². The highest BCUT2D eigenvalue weighted by atomic mass is 16.7. The molecule has 268 valence electrons. The quantitative estimate of drug-likeness (QED) is 0.0912. The lowest BCUT2D eigenvalue weighted by atomic mass is 9.75. The van der Waals surface area contributed by atoms with Crippen LogP contribution in [0, 0.1) is 35.0 Å². The molecule has 3 saturated carbocycles. The van der Waals surface area contributed by atoms with Gasteiger partial charge in [-0.2, -0.15) is 0 Å². The Labute approximate surface area is 285 Å². The van der Waals surface area contributed by atoms with Crippen LogP contribution < -0.4 is 0 Å². The third kappa shape index (κ3) is 15.6. The van der Waals surface area contributed by atoms with Gasteiger partial charge in [0.1, 0.15) is 18.2 Å². The molecule has 1 N–H and O–H groups in total. The van der Waals surface area contributed by atoms with Crippen LogP contribution in [0.15, 0.2) is 36.1 Å². The van der Waals surface area contributed by atoms with Crippen molar-refractivity contribution in [2.24, 2.45) is 35.0 Å². The molecular formula is C41H74O5. The number of methoxy groups -OCH3 is 1. The molecular weight excluding hydrogens is 572 g/mol. The lowest BCUT2D eigenvalue weighted by Gasteiger charge is -2.38. The number of ketones is 1. The monoisotopic (exact) mass is 647 g/mol. The van der Waals surface area contributed by atoms with E-state index in [4.69, 9.17) is 19.3 Å². The predicted octanol–water partition coefficient (Wildman–Crippen LogP) is 11.0.